The number of carbonyl (C=O) groups excluding carboxylic acids is 3. The molecule has 1 spiro atoms. The second-order valence-electron chi connectivity index (χ2n) is 12.0. The number of hydrogen-bond donors (Lipinski definition) is 2. The standard InChI is InChI=1S/C32H46N4O4S/c1-4-17-35(18-5-2)19-10-20-36-28(30(38)33-22-11-7-6-8-12-22)32-16-15-25(40-32)26(27(32)31(36)39)29(37)34-23-13-9-14-24(21-23)41-3/h9,13-16,21-22,25-28H,4-8,10-12,17-20H2,1-3H3,(H,33,38)(H,34,37)/t25-,26-,27-,28+,32-/m0/s1. The van der Waals surface area contributed by atoms with Crippen LogP contribution < -0.4 is 10.6 Å². The van der Waals surface area contributed by atoms with Crippen LogP contribution in [0.4, 0.5) is 5.69 Å². The Balaban J connectivity index is 1.38. The molecule has 41 heavy (non-hydrogen) atoms. The van der Waals surface area contributed by atoms with Gasteiger partial charge in [-0.3, -0.25) is 14.4 Å². The summed E-state index contributed by atoms with van der Waals surface area (Å²) in [6.07, 6.45) is 13.5. The van der Waals surface area contributed by atoms with Gasteiger partial charge in [-0.05, 0) is 76.2 Å². The zero-order valence-electron chi connectivity index (χ0n) is 24.8. The number of amides is 3. The van der Waals surface area contributed by atoms with Gasteiger partial charge >= 0.3 is 0 Å². The fraction of sp³-hybridized carbons (Fsp3) is 0.656. The van der Waals surface area contributed by atoms with Crippen LogP contribution in [0.1, 0.15) is 65.2 Å². The lowest BCUT2D eigenvalue weighted by Crippen LogP contribution is -2.56. The molecule has 4 aliphatic rings. The van der Waals surface area contributed by atoms with E-state index in [1.165, 1.54) is 6.42 Å². The number of likely N-dealkylation sites (tertiary alicyclic amines) is 1. The van der Waals surface area contributed by atoms with Gasteiger partial charge in [0.1, 0.15) is 11.6 Å². The van der Waals surface area contributed by atoms with Crippen molar-refractivity contribution in [1.82, 2.24) is 15.1 Å². The van der Waals surface area contributed by atoms with E-state index >= 15 is 0 Å². The quantitative estimate of drug-likeness (QED) is 0.264. The highest BCUT2D eigenvalue weighted by molar-refractivity contribution is 7.98. The van der Waals surface area contributed by atoms with E-state index in [0.29, 0.717) is 12.2 Å². The largest absolute Gasteiger partial charge is 0.359 e. The number of ether oxygens (including phenoxy) is 1. The van der Waals surface area contributed by atoms with Gasteiger partial charge in [-0.25, -0.2) is 0 Å². The van der Waals surface area contributed by atoms with Gasteiger partial charge in [-0.2, -0.15) is 0 Å². The number of nitrogens with one attached hydrogen (secondary N) is 2. The Morgan fingerprint density at radius 3 is 2.56 bits per heavy atom. The fourth-order valence-electron chi connectivity index (χ4n) is 7.39. The van der Waals surface area contributed by atoms with Crippen molar-refractivity contribution in [2.24, 2.45) is 11.8 Å². The van der Waals surface area contributed by atoms with E-state index in [2.05, 4.69) is 29.4 Å². The highest BCUT2D eigenvalue weighted by Gasteiger charge is 2.72. The Labute approximate surface area is 249 Å². The SMILES string of the molecule is CCCN(CCC)CCCN1C(=O)[C@@H]2[C@@H](C(=O)Nc3cccc(SC)c3)[C@@H]3C=C[C@@]2(O3)[C@H]1C(=O)NC1CCCCC1. The van der Waals surface area contributed by atoms with Crippen LogP contribution in [0.3, 0.4) is 0 Å². The number of fused-ring (bicyclic) bond motifs is 1. The van der Waals surface area contributed by atoms with Crippen molar-refractivity contribution in [1.29, 1.82) is 0 Å². The highest BCUT2D eigenvalue weighted by Crippen LogP contribution is 2.55. The first-order valence-corrected chi connectivity index (χ1v) is 16.8. The topological polar surface area (TPSA) is 91.0 Å². The average molecular weight is 583 g/mol. The van der Waals surface area contributed by atoms with Crippen molar-refractivity contribution in [2.75, 3.05) is 37.8 Å². The van der Waals surface area contributed by atoms with Gasteiger partial charge in [-0.1, -0.05) is 51.3 Å². The summed E-state index contributed by atoms with van der Waals surface area (Å²) in [5.74, 6) is -1.92. The molecule has 1 aliphatic carbocycles. The summed E-state index contributed by atoms with van der Waals surface area (Å²) < 4.78 is 6.52. The molecular formula is C32H46N4O4S. The van der Waals surface area contributed by atoms with Crippen LogP contribution in [0.25, 0.3) is 0 Å². The summed E-state index contributed by atoms with van der Waals surface area (Å²) in [4.78, 5) is 47.1. The lowest BCUT2D eigenvalue weighted by molar-refractivity contribution is -0.141. The minimum absolute atomic E-state index is 0.124. The van der Waals surface area contributed by atoms with Gasteiger partial charge in [0.25, 0.3) is 0 Å². The molecule has 1 aromatic carbocycles. The summed E-state index contributed by atoms with van der Waals surface area (Å²) >= 11 is 1.61. The lowest BCUT2D eigenvalue weighted by Gasteiger charge is -2.34. The predicted octanol–water partition coefficient (Wildman–Crippen LogP) is 4.46. The predicted molar refractivity (Wildman–Crippen MR) is 163 cm³/mol. The molecule has 8 nitrogen and oxygen atoms in total. The van der Waals surface area contributed by atoms with E-state index in [4.69, 9.17) is 4.74 Å². The maximum absolute atomic E-state index is 14.2. The maximum atomic E-state index is 14.2. The van der Waals surface area contributed by atoms with Gasteiger partial charge in [0.2, 0.25) is 17.7 Å². The van der Waals surface area contributed by atoms with E-state index in [-0.39, 0.29) is 23.8 Å². The third-order valence-corrected chi connectivity index (χ3v) is 9.89. The maximum Gasteiger partial charge on any atom is 0.246 e. The Hall–Kier alpha value is -2.36. The van der Waals surface area contributed by atoms with E-state index < -0.39 is 29.6 Å². The molecule has 2 saturated heterocycles. The average Bonchev–Trinajstić information content (AvgIpc) is 3.61. The molecule has 0 aromatic heterocycles. The molecule has 0 radical (unpaired) electrons. The molecular weight excluding hydrogens is 536 g/mol. The van der Waals surface area contributed by atoms with Gasteiger partial charge in [-0.15, -0.1) is 11.8 Å². The van der Waals surface area contributed by atoms with Crippen LogP contribution in [0.2, 0.25) is 0 Å². The number of anilines is 1. The van der Waals surface area contributed by atoms with Gasteiger partial charge in [0, 0.05) is 23.2 Å². The molecule has 5 atom stereocenters. The van der Waals surface area contributed by atoms with Crippen LogP contribution in [-0.2, 0) is 19.1 Å². The van der Waals surface area contributed by atoms with Gasteiger partial charge in [0.15, 0.2) is 0 Å². The van der Waals surface area contributed by atoms with Crippen LogP contribution >= 0.6 is 11.8 Å². The van der Waals surface area contributed by atoms with Crippen LogP contribution in [0.15, 0.2) is 41.3 Å². The molecule has 2 N–H and O–H groups in total. The summed E-state index contributed by atoms with van der Waals surface area (Å²) in [6, 6.07) is 7.05. The molecule has 0 unspecified atom stereocenters. The summed E-state index contributed by atoms with van der Waals surface area (Å²) in [7, 11) is 0. The molecule has 3 heterocycles. The molecule has 9 heteroatoms. The molecule has 3 fully saturated rings. The monoisotopic (exact) mass is 582 g/mol. The van der Waals surface area contributed by atoms with Crippen molar-refractivity contribution in [3.63, 3.8) is 0 Å². The Bertz CT molecular complexity index is 1130. The first kappa shape index (κ1) is 30.1. The molecule has 3 aliphatic heterocycles. The van der Waals surface area contributed by atoms with Crippen molar-refractivity contribution < 1.29 is 19.1 Å². The Morgan fingerprint density at radius 1 is 1.10 bits per heavy atom. The molecule has 224 valence electrons. The summed E-state index contributed by atoms with van der Waals surface area (Å²) in [6.45, 7) is 7.74. The van der Waals surface area contributed by atoms with E-state index in [1.807, 2.05) is 42.7 Å². The molecule has 1 saturated carbocycles. The fourth-order valence-corrected chi connectivity index (χ4v) is 7.85. The third-order valence-electron chi connectivity index (χ3n) is 9.17. The Morgan fingerprint density at radius 2 is 1.85 bits per heavy atom. The number of carbonyl (C=O) groups is 3. The second kappa shape index (κ2) is 13.3. The first-order valence-electron chi connectivity index (χ1n) is 15.6. The van der Waals surface area contributed by atoms with Crippen LogP contribution in [0, 0.1) is 11.8 Å². The molecule has 1 aromatic rings. The van der Waals surface area contributed by atoms with Crippen molar-refractivity contribution in [3.05, 3.63) is 36.4 Å². The first-order chi connectivity index (χ1) is 19.9. The number of nitrogens with zero attached hydrogens (tertiary/aromatic N) is 2. The van der Waals surface area contributed by atoms with E-state index in [0.717, 1.165) is 69.5 Å². The lowest BCUT2D eigenvalue weighted by atomic mass is 9.74. The van der Waals surface area contributed by atoms with Crippen molar-refractivity contribution in [3.8, 4) is 0 Å². The van der Waals surface area contributed by atoms with Crippen molar-refractivity contribution in [2.45, 2.75) is 93.9 Å². The van der Waals surface area contributed by atoms with Gasteiger partial charge in [0.05, 0.1) is 17.9 Å². The van der Waals surface area contributed by atoms with Crippen LogP contribution in [0.5, 0.6) is 0 Å². The minimum Gasteiger partial charge on any atom is -0.359 e. The normalized spacial score (nSPS) is 28.9. The summed E-state index contributed by atoms with van der Waals surface area (Å²) in [5, 5.41) is 6.32. The third kappa shape index (κ3) is 6.09. The molecule has 2 bridgehead atoms. The number of hydrogen-bond acceptors (Lipinski definition) is 6. The number of rotatable bonds is 13. The Kier molecular flexibility index (Phi) is 9.77. The second-order valence-corrected chi connectivity index (χ2v) is 12.9. The smallest absolute Gasteiger partial charge is 0.246 e. The number of thioether (sulfide) groups is 1. The zero-order chi connectivity index (χ0) is 29.0. The highest BCUT2D eigenvalue weighted by atomic mass is 32.2. The van der Waals surface area contributed by atoms with Gasteiger partial charge < -0.3 is 25.2 Å². The van der Waals surface area contributed by atoms with Crippen LogP contribution in [-0.4, -0.2) is 83.7 Å². The molecule has 3 amide bonds. The van der Waals surface area contributed by atoms with Crippen molar-refractivity contribution >= 4 is 35.2 Å². The summed E-state index contributed by atoms with van der Waals surface area (Å²) in [5.41, 5.74) is -0.417. The molecule has 5 rings (SSSR count). The minimum atomic E-state index is -1.11. The van der Waals surface area contributed by atoms with E-state index in [9.17, 15) is 14.4 Å². The zero-order valence-corrected chi connectivity index (χ0v) is 25.6. The van der Waals surface area contributed by atoms with E-state index in [1.54, 1.807) is 16.7 Å². The number of benzene rings is 1.